The average molecular weight is 1190 g/mol. The first kappa shape index (κ1) is 80.2. The molecule has 10 heteroatoms. The second-order valence-electron chi connectivity index (χ2n) is 23.5. The first-order valence-corrected chi connectivity index (χ1v) is 35.4. The number of rotatable bonds is 61. The monoisotopic (exact) mass is 1190 g/mol. The van der Waals surface area contributed by atoms with Crippen LogP contribution in [-0.4, -0.2) is 70.0 Å². The highest BCUT2D eigenvalue weighted by Gasteiger charge is 2.22. The maximum Gasteiger partial charge on any atom is 0.306 e. The van der Waals surface area contributed by atoms with Crippen LogP contribution in [-0.2, 0) is 32.7 Å². The van der Waals surface area contributed by atoms with Gasteiger partial charge in [-0.3, -0.25) is 14.2 Å². The smallest absolute Gasteiger partial charge is 0.306 e. The minimum Gasteiger partial charge on any atom is -0.756 e. The van der Waals surface area contributed by atoms with Gasteiger partial charge >= 0.3 is 11.9 Å². The molecule has 0 N–H and O–H groups in total. The molecule has 0 radical (unpaired) electrons. The normalized spacial score (nSPS) is 14.0. The molecule has 0 fully saturated rings. The number of nitrogens with zero attached hydrogens (tertiary/aromatic N) is 1. The number of allylic oxidation sites excluding steroid dienone is 22. The van der Waals surface area contributed by atoms with Crippen LogP contribution in [0.5, 0.6) is 0 Å². The zero-order valence-electron chi connectivity index (χ0n) is 54.6. The molecule has 0 aliphatic rings. The molecule has 480 valence electrons. The van der Waals surface area contributed by atoms with Gasteiger partial charge in [-0.1, -0.05) is 295 Å². The van der Waals surface area contributed by atoms with Crippen molar-refractivity contribution in [1.82, 2.24) is 0 Å². The summed E-state index contributed by atoms with van der Waals surface area (Å²) in [6, 6.07) is 0. The van der Waals surface area contributed by atoms with E-state index in [0.29, 0.717) is 17.4 Å². The van der Waals surface area contributed by atoms with Gasteiger partial charge in [-0.25, -0.2) is 0 Å². The average Bonchev–Trinajstić information content (AvgIpc) is 3.61. The van der Waals surface area contributed by atoms with E-state index in [1.807, 2.05) is 21.1 Å². The molecule has 0 heterocycles. The van der Waals surface area contributed by atoms with Gasteiger partial charge in [0, 0.05) is 12.8 Å². The first-order chi connectivity index (χ1) is 41.0. The van der Waals surface area contributed by atoms with Crippen molar-refractivity contribution in [3.05, 3.63) is 134 Å². The number of unbranched alkanes of at least 4 members (excludes halogenated alkanes) is 25. The number of hydrogen-bond acceptors (Lipinski definition) is 8. The molecule has 0 amide bonds. The molecule has 0 aliphatic heterocycles. The summed E-state index contributed by atoms with van der Waals surface area (Å²) in [6.45, 7) is 4.10. The van der Waals surface area contributed by atoms with E-state index in [1.54, 1.807) is 0 Å². The third kappa shape index (κ3) is 67.3. The second kappa shape index (κ2) is 63.6. The number of phosphoric ester groups is 1. The van der Waals surface area contributed by atoms with Gasteiger partial charge < -0.3 is 27.9 Å². The molecule has 0 saturated carbocycles. The zero-order chi connectivity index (χ0) is 61.2. The van der Waals surface area contributed by atoms with Crippen LogP contribution in [0.2, 0.25) is 0 Å². The Kier molecular flexibility index (Phi) is 60.7. The summed E-state index contributed by atoms with van der Waals surface area (Å²) in [7, 11) is 1.13. The Bertz CT molecular complexity index is 1880. The number of hydrogen-bond donors (Lipinski definition) is 0. The third-order valence-corrected chi connectivity index (χ3v) is 15.1. The van der Waals surface area contributed by atoms with E-state index in [2.05, 4.69) is 148 Å². The van der Waals surface area contributed by atoms with Gasteiger partial charge in [0.05, 0.1) is 27.7 Å². The molecular weight excluding hydrogens is 1060 g/mol. The highest BCUT2D eigenvalue weighted by atomic mass is 31.2. The van der Waals surface area contributed by atoms with Crippen LogP contribution in [0.3, 0.4) is 0 Å². The van der Waals surface area contributed by atoms with Gasteiger partial charge in [-0.05, 0) is 96.3 Å². The minimum absolute atomic E-state index is 0.0431. The largest absolute Gasteiger partial charge is 0.756 e. The fourth-order valence-corrected chi connectivity index (χ4v) is 9.74. The van der Waals surface area contributed by atoms with Gasteiger partial charge in [0.25, 0.3) is 7.82 Å². The summed E-state index contributed by atoms with van der Waals surface area (Å²) in [5.41, 5.74) is 0. The van der Waals surface area contributed by atoms with E-state index in [9.17, 15) is 19.0 Å². The minimum atomic E-state index is -4.66. The standard InChI is InChI=1S/C74H126NO8P/c1-6-8-10-12-14-16-18-20-22-24-26-28-30-31-32-33-34-35-36-37-38-39-40-41-42-43-45-47-49-51-53-55-57-59-61-63-65-67-74(77)83-72(71-82-84(78,79)81-69-68-75(3,4)5)70-80-73(76)66-64-62-60-58-56-54-52-50-48-46-44-29-27-25-23-21-19-17-15-13-11-9-7-2/h8,10,14,16,20,22,26,28,31-32,34-35,37-38,40-41,43,45,49,51,55,57,72H,6-7,9,11-13,15,17-19,21,23-25,27,29-30,33,36,39,42,44,46-48,50,52-54,56,58-71H2,1-5H3/b10-8-,16-14-,22-20-,28-26-,32-31-,35-34-,38-37-,41-40-,45-43-,51-49-,57-55-. The molecular formula is C74H126NO8P. The Hall–Kier alpha value is -3.85. The third-order valence-electron chi connectivity index (χ3n) is 14.2. The Morgan fingerprint density at radius 2 is 0.679 bits per heavy atom. The fraction of sp³-hybridized carbons (Fsp3) is 0.676. The summed E-state index contributed by atoms with van der Waals surface area (Å²) in [4.78, 5) is 38.0. The van der Waals surface area contributed by atoms with Crippen LogP contribution < -0.4 is 4.89 Å². The Morgan fingerprint density at radius 3 is 1.01 bits per heavy atom. The lowest BCUT2D eigenvalue weighted by atomic mass is 10.0. The van der Waals surface area contributed by atoms with E-state index < -0.39 is 32.5 Å². The summed E-state index contributed by atoms with van der Waals surface area (Å²) >= 11 is 0. The van der Waals surface area contributed by atoms with Crippen molar-refractivity contribution >= 4 is 19.8 Å². The van der Waals surface area contributed by atoms with Crippen molar-refractivity contribution in [1.29, 1.82) is 0 Å². The number of esters is 2. The van der Waals surface area contributed by atoms with E-state index in [0.717, 1.165) is 109 Å². The van der Waals surface area contributed by atoms with Crippen LogP contribution in [0.4, 0.5) is 0 Å². The zero-order valence-corrected chi connectivity index (χ0v) is 55.4. The number of carbonyl (C=O) groups excluding carboxylic acids is 2. The Labute approximate surface area is 517 Å². The van der Waals surface area contributed by atoms with Crippen molar-refractivity contribution in [2.45, 2.75) is 277 Å². The fourth-order valence-electron chi connectivity index (χ4n) is 9.02. The molecule has 0 bridgehead atoms. The van der Waals surface area contributed by atoms with Crippen LogP contribution in [0.25, 0.3) is 0 Å². The van der Waals surface area contributed by atoms with Crippen LogP contribution in [0, 0.1) is 0 Å². The number of carbonyl (C=O) groups is 2. The predicted octanol–water partition coefficient (Wildman–Crippen LogP) is 21.4. The lowest BCUT2D eigenvalue weighted by Crippen LogP contribution is -2.37. The first-order valence-electron chi connectivity index (χ1n) is 33.9. The summed E-state index contributed by atoms with van der Waals surface area (Å²) in [6.07, 6.45) is 92.4. The lowest BCUT2D eigenvalue weighted by molar-refractivity contribution is -0.870. The summed E-state index contributed by atoms with van der Waals surface area (Å²) in [5.74, 6) is -0.871. The predicted molar refractivity (Wildman–Crippen MR) is 360 cm³/mol. The molecule has 0 aromatic heterocycles. The van der Waals surface area contributed by atoms with Crippen molar-refractivity contribution in [3.8, 4) is 0 Å². The van der Waals surface area contributed by atoms with Gasteiger partial charge in [0.15, 0.2) is 6.10 Å². The Morgan fingerprint density at radius 1 is 0.381 bits per heavy atom. The topological polar surface area (TPSA) is 111 Å². The van der Waals surface area contributed by atoms with Crippen LogP contribution in [0.15, 0.2) is 134 Å². The van der Waals surface area contributed by atoms with E-state index in [-0.39, 0.29) is 26.1 Å². The highest BCUT2D eigenvalue weighted by Crippen LogP contribution is 2.38. The number of likely N-dealkylation sites (N-methyl/N-ethyl adjacent to an activating group) is 1. The second-order valence-corrected chi connectivity index (χ2v) is 24.9. The maximum atomic E-state index is 12.8. The molecule has 0 saturated heterocycles. The van der Waals surface area contributed by atoms with Crippen molar-refractivity contribution in [3.63, 3.8) is 0 Å². The van der Waals surface area contributed by atoms with E-state index >= 15 is 0 Å². The summed E-state index contributed by atoms with van der Waals surface area (Å²) in [5, 5.41) is 0. The lowest BCUT2D eigenvalue weighted by Gasteiger charge is -2.28. The molecule has 0 spiro atoms. The SMILES string of the molecule is CC/C=C\C/C=C\C/C=C\C/C=C\C/C=C\C/C=C\C/C=C\C/C=C\C/C=C\C/C=C\C/C=C\CCCCCC(=O)OC(COC(=O)CCCCCCCCCCCCCCCCCCCCCCCCC)COP(=O)([O-])OCC[N+](C)(C)C. The van der Waals surface area contributed by atoms with Crippen LogP contribution >= 0.6 is 7.82 Å². The molecule has 0 aromatic carbocycles. The van der Waals surface area contributed by atoms with Gasteiger partial charge in [-0.2, -0.15) is 0 Å². The Balaban J connectivity index is 4.20. The van der Waals surface area contributed by atoms with Gasteiger partial charge in [0.2, 0.25) is 0 Å². The van der Waals surface area contributed by atoms with Crippen molar-refractivity contribution in [2.24, 2.45) is 0 Å². The molecule has 2 unspecified atom stereocenters. The number of ether oxygens (including phenoxy) is 2. The highest BCUT2D eigenvalue weighted by molar-refractivity contribution is 7.45. The van der Waals surface area contributed by atoms with Gasteiger partial charge in [-0.15, -0.1) is 0 Å². The molecule has 84 heavy (non-hydrogen) atoms. The van der Waals surface area contributed by atoms with E-state index in [4.69, 9.17) is 18.5 Å². The van der Waals surface area contributed by atoms with Crippen LogP contribution in [0.1, 0.15) is 271 Å². The quantitative estimate of drug-likeness (QED) is 0.0195. The molecule has 0 aliphatic carbocycles. The molecule has 0 aromatic rings. The molecule has 9 nitrogen and oxygen atoms in total. The van der Waals surface area contributed by atoms with Gasteiger partial charge in [0.1, 0.15) is 19.8 Å². The van der Waals surface area contributed by atoms with E-state index in [1.165, 1.54) is 128 Å². The molecule has 2 atom stereocenters. The number of phosphoric acid groups is 1. The number of quaternary nitrogens is 1. The van der Waals surface area contributed by atoms with Crippen molar-refractivity contribution in [2.75, 3.05) is 47.5 Å². The summed E-state index contributed by atoms with van der Waals surface area (Å²) < 4.78 is 34.2. The van der Waals surface area contributed by atoms with Crippen molar-refractivity contribution < 1.29 is 42.1 Å². The maximum absolute atomic E-state index is 12.8. The molecule has 0 rings (SSSR count).